The SMILES string of the molecule is CCNC(c1cc(Br)cs1)C1CCCC(C)C1. The van der Waals surface area contributed by atoms with E-state index in [1.807, 2.05) is 11.3 Å². The van der Waals surface area contributed by atoms with Gasteiger partial charge in [0.1, 0.15) is 0 Å². The second kappa shape index (κ2) is 6.35. The topological polar surface area (TPSA) is 12.0 Å². The summed E-state index contributed by atoms with van der Waals surface area (Å²) < 4.78 is 1.23. The van der Waals surface area contributed by atoms with Crippen LogP contribution >= 0.6 is 27.3 Å². The Morgan fingerprint density at radius 2 is 2.35 bits per heavy atom. The second-order valence-corrected chi connectivity index (χ2v) is 7.09. The number of halogens is 1. The first-order chi connectivity index (χ1) is 8.20. The zero-order valence-electron chi connectivity index (χ0n) is 10.7. The number of rotatable bonds is 4. The van der Waals surface area contributed by atoms with Gasteiger partial charge >= 0.3 is 0 Å². The summed E-state index contributed by atoms with van der Waals surface area (Å²) in [6.45, 7) is 5.67. The van der Waals surface area contributed by atoms with E-state index < -0.39 is 0 Å². The van der Waals surface area contributed by atoms with Crippen molar-refractivity contribution in [3.63, 3.8) is 0 Å². The van der Waals surface area contributed by atoms with Gasteiger partial charge in [-0.2, -0.15) is 0 Å². The summed E-state index contributed by atoms with van der Waals surface area (Å²) in [6, 6.07) is 2.86. The Morgan fingerprint density at radius 3 is 2.94 bits per heavy atom. The van der Waals surface area contributed by atoms with Crippen molar-refractivity contribution in [2.24, 2.45) is 11.8 Å². The van der Waals surface area contributed by atoms with Gasteiger partial charge in [0.05, 0.1) is 0 Å². The monoisotopic (exact) mass is 315 g/mol. The molecular weight excluding hydrogens is 294 g/mol. The molecule has 0 amide bonds. The van der Waals surface area contributed by atoms with Gasteiger partial charge in [-0.05, 0) is 53.2 Å². The first-order valence-electron chi connectivity index (χ1n) is 6.68. The van der Waals surface area contributed by atoms with Gasteiger partial charge < -0.3 is 5.32 Å². The minimum atomic E-state index is 0.569. The third kappa shape index (κ3) is 3.55. The van der Waals surface area contributed by atoms with Crippen molar-refractivity contribution in [2.45, 2.75) is 45.6 Å². The third-order valence-electron chi connectivity index (χ3n) is 3.77. The van der Waals surface area contributed by atoms with Gasteiger partial charge in [0.15, 0.2) is 0 Å². The van der Waals surface area contributed by atoms with E-state index in [4.69, 9.17) is 0 Å². The minimum absolute atomic E-state index is 0.569. The van der Waals surface area contributed by atoms with Crippen molar-refractivity contribution in [2.75, 3.05) is 6.54 Å². The number of hydrogen-bond donors (Lipinski definition) is 1. The van der Waals surface area contributed by atoms with Crippen LogP contribution in [0.3, 0.4) is 0 Å². The van der Waals surface area contributed by atoms with E-state index >= 15 is 0 Å². The quantitative estimate of drug-likeness (QED) is 0.825. The van der Waals surface area contributed by atoms with Crippen LogP contribution in [0.5, 0.6) is 0 Å². The Morgan fingerprint density at radius 1 is 1.53 bits per heavy atom. The standard InChI is InChI=1S/C14H22BrNS/c1-3-16-14(13-8-12(15)9-17-13)11-6-4-5-10(2)7-11/h8-11,14,16H,3-7H2,1-2H3. The van der Waals surface area contributed by atoms with E-state index in [-0.39, 0.29) is 0 Å². The van der Waals surface area contributed by atoms with Crippen LogP contribution < -0.4 is 5.32 Å². The molecule has 1 heterocycles. The Kier molecular flexibility index (Phi) is 5.07. The summed E-state index contributed by atoms with van der Waals surface area (Å²) in [5.41, 5.74) is 0. The molecule has 0 radical (unpaired) electrons. The molecule has 17 heavy (non-hydrogen) atoms. The molecule has 1 aliphatic carbocycles. The zero-order valence-corrected chi connectivity index (χ0v) is 13.1. The van der Waals surface area contributed by atoms with Crippen LogP contribution in [0.15, 0.2) is 15.9 Å². The van der Waals surface area contributed by atoms with Gasteiger partial charge in [-0.15, -0.1) is 11.3 Å². The van der Waals surface area contributed by atoms with E-state index in [0.29, 0.717) is 6.04 Å². The van der Waals surface area contributed by atoms with Gasteiger partial charge in [-0.3, -0.25) is 0 Å². The molecule has 3 heteroatoms. The van der Waals surface area contributed by atoms with E-state index in [1.165, 1.54) is 35.0 Å². The largest absolute Gasteiger partial charge is 0.309 e. The fraction of sp³-hybridized carbons (Fsp3) is 0.714. The molecule has 96 valence electrons. The molecule has 0 aromatic carbocycles. The molecule has 3 atom stereocenters. The first-order valence-corrected chi connectivity index (χ1v) is 8.35. The Hall–Kier alpha value is 0.140. The van der Waals surface area contributed by atoms with Gasteiger partial charge in [-0.1, -0.05) is 26.7 Å². The molecular formula is C14H22BrNS. The fourth-order valence-electron chi connectivity index (χ4n) is 2.99. The van der Waals surface area contributed by atoms with E-state index in [2.05, 4.69) is 46.5 Å². The predicted octanol–water partition coefficient (Wildman–Crippen LogP) is 4.99. The van der Waals surface area contributed by atoms with Gasteiger partial charge in [0.2, 0.25) is 0 Å². The smallest absolute Gasteiger partial charge is 0.0443 e. The highest BCUT2D eigenvalue weighted by Crippen LogP contribution is 2.39. The normalized spacial score (nSPS) is 27.0. The molecule has 1 saturated carbocycles. The molecule has 1 aromatic rings. The van der Waals surface area contributed by atoms with Crippen molar-refractivity contribution >= 4 is 27.3 Å². The van der Waals surface area contributed by atoms with Gasteiger partial charge in [0, 0.05) is 20.8 Å². The average molecular weight is 316 g/mol. The Bertz CT molecular complexity index is 350. The van der Waals surface area contributed by atoms with Crippen molar-refractivity contribution in [1.82, 2.24) is 5.32 Å². The molecule has 1 aliphatic rings. The van der Waals surface area contributed by atoms with Crippen LogP contribution in [-0.4, -0.2) is 6.54 Å². The maximum atomic E-state index is 3.69. The van der Waals surface area contributed by atoms with Crippen LogP contribution in [0.4, 0.5) is 0 Å². The molecule has 1 aromatic heterocycles. The summed E-state index contributed by atoms with van der Waals surface area (Å²) in [4.78, 5) is 1.50. The molecule has 0 aliphatic heterocycles. The van der Waals surface area contributed by atoms with Crippen molar-refractivity contribution < 1.29 is 0 Å². The molecule has 1 N–H and O–H groups in total. The van der Waals surface area contributed by atoms with Gasteiger partial charge in [-0.25, -0.2) is 0 Å². The molecule has 3 unspecified atom stereocenters. The van der Waals surface area contributed by atoms with E-state index in [9.17, 15) is 0 Å². The number of thiophene rings is 1. The van der Waals surface area contributed by atoms with Crippen molar-refractivity contribution in [3.8, 4) is 0 Å². The third-order valence-corrected chi connectivity index (χ3v) is 5.54. The highest BCUT2D eigenvalue weighted by molar-refractivity contribution is 9.10. The van der Waals surface area contributed by atoms with Crippen molar-refractivity contribution in [1.29, 1.82) is 0 Å². The van der Waals surface area contributed by atoms with E-state index in [0.717, 1.165) is 18.4 Å². The fourth-order valence-corrected chi connectivity index (χ4v) is 4.61. The number of hydrogen-bond acceptors (Lipinski definition) is 2. The zero-order chi connectivity index (χ0) is 12.3. The van der Waals surface area contributed by atoms with Crippen LogP contribution in [0.1, 0.15) is 50.4 Å². The maximum Gasteiger partial charge on any atom is 0.0443 e. The summed E-state index contributed by atoms with van der Waals surface area (Å²) in [7, 11) is 0. The summed E-state index contributed by atoms with van der Waals surface area (Å²) in [6.07, 6.45) is 5.59. The molecule has 2 rings (SSSR count). The van der Waals surface area contributed by atoms with Crippen LogP contribution in [0, 0.1) is 11.8 Å². The second-order valence-electron chi connectivity index (χ2n) is 5.23. The maximum absolute atomic E-state index is 3.69. The Labute approximate surface area is 117 Å². The van der Waals surface area contributed by atoms with Crippen LogP contribution in [-0.2, 0) is 0 Å². The average Bonchev–Trinajstić information content (AvgIpc) is 2.72. The predicted molar refractivity (Wildman–Crippen MR) is 79.6 cm³/mol. The minimum Gasteiger partial charge on any atom is -0.309 e. The first kappa shape index (κ1) is 13.6. The van der Waals surface area contributed by atoms with Gasteiger partial charge in [0.25, 0.3) is 0 Å². The highest BCUT2D eigenvalue weighted by Gasteiger charge is 2.28. The number of nitrogens with one attached hydrogen (secondary N) is 1. The van der Waals surface area contributed by atoms with E-state index in [1.54, 1.807) is 0 Å². The van der Waals surface area contributed by atoms with Crippen LogP contribution in [0.25, 0.3) is 0 Å². The summed E-state index contributed by atoms with van der Waals surface area (Å²) >= 11 is 5.45. The van der Waals surface area contributed by atoms with Crippen LogP contribution in [0.2, 0.25) is 0 Å². The lowest BCUT2D eigenvalue weighted by molar-refractivity contribution is 0.227. The molecule has 0 spiro atoms. The lowest BCUT2D eigenvalue weighted by Gasteiger charge is -2.33. The lowest BCUT2D eigenvalue weighted by atomic mass is 9.78. The molecule has 1 fully saturated rings. The lowest BCUT2D eigenvalue weighted by Crippen LogP contribution is -2.30. The van der Waals surface area contributed by atoms with Crippen molar-refractivity contribution in [3.05, 3.63) is 20.8 Å². The molecule has 0 bridgehead atoms. The highest BCUT2D eigenvalue weighted by atomic mass is 79.9. The Balaban J connectivity index is 2.10. The molecule has 0 saturated heterocycles. The molecule has 1 nitrogen and oxygen atoms in total. The summed E-state index contributed by atoms with van der Waals surface area (Å²) in [5, 5.41) is 5.89. The summed E-state index contributed by atoms with van der Waals surface area (Å²) in [5.74, 6) is 1.72.